The number of ether oxygens (including phenoxy) is 1. The van der Waals surface area contributed by atoms with Crippen LogP contribution in [0.4, 0.5) is 0 Å². The van der Waals surface area contributed by atoms with E-state index >= 15 is 0 Å². The maximum atomic E-state index is 11.9. The van der Waals surface area contributed by atoms with Crippen molar-refractivity contribution in [1.29, 1.82) is 0 Å². The number of hydrogen-bond donors (Lipinski definition) is 0. The second kappa shape index (κ2) is 5.63. The van der Waals surface area contributed by atoms with Crippen LogP contribution in [-0.4, -0.2) is 11.9 Å². The Hall–Kier alpha value is -1.24. The molecular formula is C14H7Br2NO2S. The lowest BCUT2D eigenvalue weighted by atomic mass is 10.2. The number of benzene rings is 1. The van der Waals surface area contributed by atoms with Gasteiger partial charge in [0.1, 0.15) is 0 Å². The summed E-state index contributed by atoms with van der Waals surface area (Å²) in [4.78, 5) is 17.1. The molecule has 1 aromatic carbocycles. The van der Waals surface area contributed by atoms with Crippen molar-refractivity contribution in [3.63, 3.8) is 0 Å². The predicted molar refractivity (Wildman–Crippen MR) is 86.8 cm³/mol. The van der Waals surface area contributed by atoms with E-state index in [2.05, 4.69) is 36.9 Å². The van der Waals surface area contributed by atoms with Crippen LogP contribution in [0.3, 0.4) is 0 Å². The normalized spacial score (nSPS) is 16.4. The summed E-state index contributed by atoms with van der Waals surface area (Å²) in [5.74, 6) is -0.107. The number of esters is 1. The van der Waals surface area contributed by atoms with Crippen LogP contribution in [0.25, 0.3) is 6.08 Å². The molecular weight excluding hydrogens is 406 g/mol. The molecule has 1 aliphatic rings. The number of rotatable bonds is 2. The van der Waals surface area contributed by atoms with Gasteiger partial charge in [-0.3, -0.25) is 0 Å². The lowest BCUT2D eigenvalue weighted by Gasteiger charge is -2.01. The van der Waals surface area contributed by atoms with Gasteiger partial charge in [-0.15, -0.1) is 11.3 Å². The highest BCUT2D eigenvalue weighted by Gasteiger charge is 2.25. The van der Waals surface area contributed by atoms with Crippen LogP contribution >= 0.6 is 43.2 Å². The molecule has 0 unspecified atom stereocenters. The van der Waals surface area contributed by atoms with Crippen LogP contribution in [0.15, 0.2) is 55.3 Å². The van der Waals surface area contributed by atoms with E-state index in [9.17, 15) is 4.79 Å². The molecule has 0 saturated heterocycles. The minimum atomic E-state index is -0.430. The summed E-state index contributed by atoms with van der Waals surface area (Å²) in [6.07, 6.45) is 1.72. The van der Waals surface area contributed by atoms with E-state index < -0.39 is 5.97 Å². The number of carbonyl (C=O) groups is 1. The summed E-state index contributed by atoms with van der Waals surface area (Å²) >= 11 is 8.33. The molecule has 0 radical (unpaired) electrons. The Kier molecular flexibility index (Phi) is 3.87. The number of carbonyl (C=O) groups excluding carboxylic acids is 1. The Morgan fingerprint density at radius 1 is 1.25 bits per heavy atom. The molecule has 0 spiro atoms. The van der Waals surface area contributed by atoms with Crippen molar-refractivity contribution in [2.75, 3.05) is 0 Å². The molecule has 0 N–H and O–H groups in total. The third kappa shape index (κ3) is 2.77. The topological polar surface area (TPSA) is 38.7 Å². The SMILES string of the molecule is O=C1OC(c2ccccc2Br)=NC1=Cc1cc(Br)cs1. The van der Waals surface area contributed by atoms with Crippen molar-refractivity contribution < 1.29 is 9.53 Å². The first kappa shape index (κ1) is 13.7. The van der Waals surface area contributed by atoms with Crippen LogP contribution in [0.1, 0.15) is 10.4 Å². The first-order valence-corrected chi connectivity index (χ1v) is 8.11. The molecule has 20 heavy (non-hydrogen) atoms. The first-order chi connectivity index (χ1) is 9.63. The second-order valence-electron chi connectivity index (χ2n) is 3.98. The maximum absolute atomic E-state index is 11.9. The number of halogens is 2. The van der Waals surface area contributed by atoms with Crippen molar-refractivity contribution in [2.24, 2.45) is 4.99 Å². The monoisotopic (exact) mass is 411 g/mol. The van der Waals surface area contributed by atoms with Gasteiger partial charge in [0.2, 0.25) is 5.90 Å². The number of aliphatic imine (C=N–C) groups is 1. The van der Waals surface area contributed by atoms with E-state index in [4.69, 9.17) is 4.74 Å². The Bertz CT molecular complexity index is 749. The number of cyclic esters (lactones) is 1. The summed E-state index contributed by atoms with van der Waals surface area (Å²) in [6.45, 7) is 0. The highest BCUT2D eigenvalue weighted by molar-refractivity contribution is 9.10. The fourth-order valence-electron chi connectivity index (χ4n) is 1.70. The summed E-state index contributed by atoms with van der Waals surface area (Å²) in [6, 6.07) is 9.42. The predicted octanol–water partition coefficient (Wildman–Crippen LogP) is 4.62. The minimum Gasteiger partial charge on any atom is -0.402 e. The fourth-order valence-corrected chi connectivity index (χ4v) is 3.52. The van der Waals surface area contributed by atoms with Gasteiger partial charge in [-0.05, 0) is 56.1 Å². The van der Waals surface area contributed by atoms with Crippen molar-refractivity contribution >= 4 is 61.1 Å². The third-order valence-corrected chi connectivity index (χ3v) is 4.92. The molecule has 6 heteroatoms. The van der Waals surface area contributed by atoms with E-state index in [1.807, 2.05) is 35.7 Å². The standard InChI is InChI=1S/C14H7Br2NO2S/c15-8-5-9(20-7-8)6-12-14(18)19-13(17-12)10-3-1-2-4-11(10)16/h1-7H. The molecule has 0 aliphatic carbocycles. The van der Waals surface area contributed by atoms with Gasteiger partial charge in [0.15, 0.2) is 5.70 Å². The van der Waals surface area contributed by atoms with Crippen molar-refractivity contribution in [1.82, 2.24) is 0 Å². The molecule has 0 bridgehead atoms. The van der Waals surface area contributed by atoms with Gasteiger partial charge in [-0.1, -0.05) is 12.1 Å². The zero-order valence-electron chi connectivity index (χ0n) is 9.97. The van der Waals surface area contributed by atoms with Crippen LogP contribution in [0, 0.1) is 0 Å². The molecule has 0 amide bonds. The number of thiophene rings is 1. The average Bonchev–Trinajstić information content (AvgIpc) is 2.98. The second-order valence-corrected chi connectivity index (χ2v) is 6.70. The van der Waals surface area contributed by atoms with Crippen molar-refractivity contribution in [3.05, 3.63) is 60.8 Å². The Labute approximate surface area is 136 Å². The summed E-state index contributed by atoms with van der Waals surface area (Å²) in [7, 11) is 0. The quantitative estimate of drug-likeness (QED) is 0.533. The molecule has 0 atom stereocenters. The summed E-state index contributed by atoms with van der Waals surface area (Å²) < 4.78 is 7.05. The number of hydrogen-bond acceptors (Lipinski definition) is 4. The zero-order chi connectivity index (χ0) is 14.1. The molecule has 2 heterocycles. The first-order valence-electron chi connectivity index (χ1n) is 5.65. The van der Waals surface area contributed by atoms with Gasteiger partial charge in [-0.2, -0.15) is 0 Å². The maximum Gasteiger partial charge on any atom is 0.363 e. The average molecular weight is 413 g/mol. The number of nitrogens with zero attached hydrogens (tertiary/aromatic N) is 1. The van der Waals surface area contributed by atoms with Crippen LogP contribution in [0.2, 0.25) is 0 Å². The van der Waals surface area contributed by atoms with Crippen LogP contribution in [0.5, 0.6) is 0 Å². The van der Waals surface area contributed by atoms with Gasteiger partial charge in [0, 0.05) is 19.2 Å². The lowest BCUT2D eigenvalue weighted by molar-refractivity contribution is -0.129. The van der Waals surface area contributed by atoms with E-state index in [0.29, 0.717) is 11.6 Å². The molecule has 1 aromatic heterocycles. The van der Waals surface area contributed by atoms with E-state index in [0.717, 1.165) is 19.4 Å². The summed E-state index contributed by atoms with van der Waals surface area (Å²) in [5, 5.41) is 1.95. The van der Waals surface area contributed by atoms with Crippen molar-refractivity contribution in [2.45, 2.75) is 0 Å². The fraction of sp³-hybridized carbons (Fsp3) is 0. The van der Waals surface area contributed by atoms with Gasteiger partial charge >= 0.3 is 5.97 Å². The summed E-state index contributed by atoms with van der Waals surface area (Å²) in [5.41, 5.74) is 1.07. The molecule has 2 aromatic rings. The molecule has 100 valence electrons. The van der Waals surface area contributed by atoms with E-state index in [1.54, 1.807) is 6.08 Å². The molecule has 0 saturated carbocycles. The van der Waals surface area contributed by atoms with Crippen LogP contribution in [-0.2, 0) is 9.53 Å². The molecule has 0 fully saturated rings. The smallest absolute Gasteiger partial charge is 0.363 e. The van der Waals surface area contributed by atoms with Crippen LogP contribution < -0.4 is 0 Å². The molecule has 3 rings (SSSR count). The Morgan fingerprint density at radius 2 is 2.05 bits per heavy atom. The Morgan fingerprint density at radius 3 is 2.75 bits per heavy atom. The zero-order valence-corrected chi connectivity index (χ0v) is 14.0. The molecule has 3 nitrogen and oxygen atoms in total. The Balaban J connectivity index is 1.97. The highest BCUT2D eigenvalue weighted by atomic mass is 79.9. The molecule has 1 aliphatic heterocycles. The van der Waals surface area contributed by atoms with Gasteiger partial charge in [0.05, 0.1) is 5.56 Å². The highest BCUT2D eigenvalue weighted by Crippen LogP contribution is 2.26. The van der Waals surface area contributed by atoms with Gasteiger partial charge in [-0.25, -0.2) is 9.79 Å². The lowest BCUT2D eigenvalue weighted by Crippen LogP contribution is -2.05. The van der Waals surface area contributed by atoms with Gasteiger partial charge < -0.3 is 4.74 Å². The van der Waals surface area contributed by atoms with E-state index in [1.165, 1.54) is 11.3 Å². The largest absolute Gasteiger partial charge is 0.402 e. The minimum absolute atomic E-state index is 0.310. The third-order valence-electron chi connectivity index (χ3n) is 2.59. The van der Waals surface area contributed by atoms with Gasteiger partial charge in [0.25, 0.3) is 0 Å². The van der Waals surface area contributed by atoms with Crippen molar-refractivity contribution in [3.8, 4) is 0 Å². The van der Waals surface area contributed by atoms with E-state index in [-0.39, 0.29) is 0 Å².